The maximum absolute atomic E-state index is 13.1. The molecule has 0 saturated carbocycles. The molecule has 1 aromatic rings. The average Bonchev–Trinajstić information content (AvgIpc) is 2.26. The number of rotatable bonds is 3. The quantitative estimate of drug-likeness (QED) is 0.815. The first kappa shape index (κ1) is 15.0. The van der Waals surface area contributed by atoms with Crippen LogP contribution in [0.1, 0.15) is 38.3 Å². The van der Waals surface area contributed by atoms with Crippen LogP contribution in [0.3, 0.4) is 0 Å². The summed E-state index contributed by atoms with van der Waals surface area (Å²) >= 11 is 0. The van der Waals surface area contributed by atoms with Crippen molar-refractivity contribution in [1.29, 1.82) is 0 Å². The molecule has 0 bridgehead atoms. The summed E-state index contributed by atoms with van der Waals surface area (Å²) in [5, 5.41) is 10.2. The van der Waals surface area contributed by atoms with Crippen molar-refractivity contribution in [3.05, 3.63) is 35.1 Å². The van der Waals surface area contributed by atoms with Crippen LogP contribution in [0.5, 0.6) is 0 Å². The molecule has 0 radical (unpaired) electrons. The van der Waals surface area contributed by atoms with Crippen LogP contribution >= 0.6 is 0 Å². The number of benzene rings is 1. The predicted octanol–water partition coefficient (Wildman–Crippen LogP) is 4.10. The molecule has 0 aliphatic carbocycles. The molecule has 0 heterocycles. The van der Waals surface area contributed by atoms with Crippen LogP contribution in [0.15, 0.2) is 18.2 Å². The number of halogens is 4. The number of alkyl halides is 3. The topological polar surface area (TPSA) is 20.2 Å². The second-order valence-electron chi connectivity index (χ2n) is 4.65. The van der Waals surface area contributed by atoms with E-state index in [4.69, 9.17) is 0 Å². The van der Waals surface area contributed by atoms with E-state index in [1.54, 1.807) is 6.92 Å². The Kier molecular flexibility index (Phi) is 4.05. The van der Waals surface area contributed by atoms with E-state index in [1.807, 2.05) is 6.92 Å². The first-order chi connectivity index (χ1) is 8.10. The van der Waals surface area contributed by atoms with Gasteiger partial charge in [0.1, 0.15) is 5.82 Å². The fraction of sp³-hybridized carbons (Fsp3) is 0.538. The summed E-state index contributed by atoms with van der Waals surface area (Å²) in [5.41, 5.74) is -2.68. The molecule has 0 fully saturated rings. The minimum Gasteiger partial charge on any atom is -0.385 e. The predicted molar refractivity (Wildman–Crippen MR) is 60.4 cm³/mol. The third-order valence-corrected chi connectivity index (χ3v) is 3.43. The molecule has 0 amide bonds. The van der Waals surface area contributed by atoms with Gasteiger partial charge >= 0.3 is 6.18 Å². The first-order valence-electron chi connectivity index (χ1n) is 5.70. The summed E-state index contributed by atoms with van der Waals surface area (Å²) in [6.45, 7) is 5.00. The van der Waals surface area contributed by atoms with Crippen LogP contribution in [0.2, 0.25) is 0 Å². The highest BCUT2D eigenvalue weighted by atomic mass is 19.4. The van der Waals surface area contributed by atoms with Crippen molar-refractivity contribution in [1.82, 2.24) is 0 Å². The summed E-state index contributed by atoms with van der Waals surface area (Å²) in [4.78, 5) is 0. The van der Waals surface area contributed by atoms with Crippen LogP contribution in [0.25, 0.3) is 0 Å². The fourth-order valence-corrected chi connectivity index (χ4v) is 1.74. The van der Waals surface area contributed by atoms with Gasteiger partial charge in [0.15, 0.2) is 0 Å². The van der Waals surface area contributed by atoms with Gasteiger partial charge in [0.25, 0.3) is 0 Å². The van der Waals surface area contributed by atoms with Crippen molar-refractivity contribution >= 4 is 0 Å². The molecule has 102 valence electrons. The molecule has 1 rings (SSSR count). The van der Waals surface area contributed by atoms with Gasteiger partial charge in [0, 0.05) is 0 Å². The standard InChI is InChI=1S/C13H16F4O/c1-4-8(2)12(3,18)9-5-6-11(14)10(7-9)13(15,16)17/h5-8,18H,4H2,1-3H3. The molecule has 1 N–H and O–H groups in total. The molecule has 2 atom stereocenters. The van der Waals surface area contributed by atoms with Crippen LogP contribution < -0.4 is 0 Å². The van der Waals surface area contributed by atoms with Gasteiger partial charge in [-0.25, -0.2) is 4.39 Å². The molecule has 1 aromatic carbocycles. The lowest BCUT2D eigenvalue weighted by molar-refractivity contribution is -0.140. The van der Waals surface area contributed by atoms with Gasteiger partial charge in [-0.2, -0.15) is 13.2 Å². The first-order valence-corrected chi connectivity index (χ1v) is 5.70. The lowest BCUT2D eigenvalue weighted by Gasteiger charge is -2.30. The smallest absolute Gasteiger partial charge is 0.385 e. The molecule has 0 saturated heterocycles. The van der Waals surface area contributed by atoms with Gasteiger partial charge in [-0.05, 0) is 30.5 Å². The Morgan fingerprint density at radius 2 is 1.83 bits per heavy atom. The molecule has 0 aromatic heterocycles. The zero-order valence-corrected chi connectivity index (χ0v) is 10.5. The Labute approximate surface area is 103 Å². The van der Waals surface area contributed by atoms with Crippen molar-refractivity contribution in [2.75, 3.05) is 0 Å². The molecule has 2 unspecified atom stereocenters. The highest BCUT2D eigenvalue weighted by Crippen LogP contribution is 2.37. The van der Waals surface area contributed by atoms with E-state index in [2.05, 4.69) is 0 Å². The van der Waals surface area contributed by atoms with Gasteiger partial charge in [-0.3, -0.25) is 0 Å². The minimum absolute atomic E-state index is 0.0746. The van der Waals surface area contributed by atoms with Gasteiger partial charge in [-0.1, -0.05) is 26.3 Å². The molecule has 18 heavy (non-hydrogen) atoms. The maximum Gasteiger partial charge on any atom is 0.419 e. The second-order valence-corrected chi connectivity index (χ2v) is 4.65. The molecular weight excluding hydrogens is 248 g/mol. The summed E-state index contributed by atoms with van der Waals surface area (Å²) in [7, 11) is 0. The highest BCUT2D eigenvalue weighted by Gasteiger charge is 2.37. The Hall–Kier alpha value is -1.10. The third-order valence-electron chi connectivity index (χ3n) is 3.43. The largest absolute Gasteiger partial charge is 0.419 e. The van der Waals surface area contributed by atoms with Crippen molar-refractivity contribution in [2.24, 2.45) is 5.92 Å². The average molecular weight is 264 g/mol. The van der Waals surface area contributed by atoms with E-state index in [0.29, 0.717) is 12.5 Å². The lowest BCUT2D eigenvalue weighted by atomic mass is 9.82. The van der Waals surface area contributed by atoms with Crippen molar-refractivity contribution < 1.29 is 22.7 Å². The Balaban J connectivity index is 3.29. The van der Waals surface area contributed by atoms with E-state index in [9.17, 15) is 22.7 Å². The number of hydrogen-bond acceptors (Lipinski definition) is 1. The summed E-state index contributed by atoms with van der Waals surface area (Å²) in [6, 6.07) is 2.62. The third kappa shape index (κ3) is 2.83. The molecule has 1 nitrogen and oxygen atoms in total. The minimum atomic E-state index is -4.76. The normalized spacial score (nSPS) is 17.3. The van der Waals surface area contributed by atoms with Crippen molar-refractivity contribution in [3.8, 4) is 0 Å². The van der Waals surface area contributed by atoms with Crippen LogP contribution in [-0.4, -0.2) is 5.11 Å². The van der Waals surface area contributed by atoms with Crippen LogP contribution in [0, 0.1) is 11.7 Å². The summed E-state index contributed by atoms with van der Waals surface area (Å²) in [5.74, 6) is -1.56. The Morgan fingerprint density at radius 3 is 2.28 bits per heavy atom. The Morgan fingerprint density at radius 1 is 1.28 bits per heavy atom. The molecule has 0 aliphatic rings. The van der Waals surface area contributed by atoms with Gasteiger partial charge in [-0.15, -0.1) is 0 Å². The zero-order chi connectivity index (χ0) is 14.1. The SMILES string of the molecule is CCC(C)C(C)(O)c1ccc(F)c(C(F)(F)F)c1. The van der Waals surface area contributed by atoms with E-state index in [0.717, 1.165) is 6.07 Å². The van der Waals surface area contributed by atoms with Crippen molar-refractivity contribution in [2.45, 2.75) is 39.0 Å². The van der Waals surface area contributed by atoms with E-state index in [1.165, 1.54) is 13.0 Å². The monoisotopic (exact) mass is 264 g/mol. The number of aliphatic hydroxyl groups is 1. The number of hydrogen-bond donors (Lipinski definition) is 1. The fourth-order valence-electron chi connectivity index (χ4n) is 1.74. The van der Waals surface area contributed by atoms with Crippen molar-refractivity contribution in [3.63, 3.8) is 0 Å². The molecule has 5 heteroatoms. The Bertz CT molecular complexity index is 423. The van der Waals surface area contributed by atoms with Gasteiger partial charge in [0.2, 0.25) is 0 Å². The molecule has 0 aliphatic heterocycles. The van der Waals surface area contributed by atoms with Gasteiger partial charge in [0.05, 0.1) is 11.2 Å². The summed E-state index contributed by atoms with van der Waals surface area (Å²) < 4.78 is 50.9. The zero-order valence-electron chi connectivity index (χ0n) is 10.5. The molecule has 0 spiro atoms. The maximum atomic E-state index is 13.1. The van der Waals surface area contributed by atoms with Crippen LogP contribution in [0.4, 0.5) is 17.6 Å². The van der Waals surface area contributed by atoms with Crippen LogP contribution in [-0.2, 0) is 11.8 Å². The van der Waals surface area contributed by atoms with Gasteiger partial charge < -0.3 is 5.11 Å². The second kappa shape index (κ2) is 4.88. The van der Waals surface area contributed by atoms with E-state index in [-0.39, 0.29) is 11.5 Å². The lowest BCUT2D eigenvalue weighted by Crippen LogP contribution is -2.30. The summed E-state index contributed by atoms with van der Waals surface area (Å²) in [6.07, 6.45) is -4.16. The highest BCUT2D eigenvalue weighted by molar-refractivity contribution is 5.31. The van der Waals surface area contributed by atoms with E-state index < -0.39 is 23.2 Å². The van der Waals surface area contributed by atoms with E-state index >= 15 is 0 Å². The molecular formula is C13H16F4O.